The number of rotatable bonds is 2. The minimum Gasteiger partial charge on any atom is -0.446 e. The van der Waals surface area contributed by atoms with Crippen LogP contribution in [0.2, 0.25) is 0 Å². The predicted molar refractivity (Wildman–Crippen MR) is 31.8 cm³/mol. The normalized spacial score (nSPS) is 10.0. The van der Waals surface area contributed by atoms with Gasteiger partial charge in [-0.25, -0.2) is 4.98 Å². The molecule has 0 aromatic carbocycles. The van der Waals surface area contributed by atoms with Crippen molar-refractivity contribution in [2.75, 3.05) is 0 Å². The summed E-state index contributed by atoms with van der Waals surface area (Å²) in [6.07, 6.45) is 2.16. The van der Waals surface area contributed by atoms with Crippen molar-refractivity contribution in [2.24, 2.45) is 0 Å². The third kappa shape index (κ3) is 1.10. The molecule has 0 saturated heterocycles. The fraction of sp³-hybridized carbons (Fsp3) is 0.500. The molecule has 0 aliphatic heterocycles. The molecule has 0 spiro atoms. The maximum Gasteiger partial charge on any atom is 0.181 e. The third-order valence-corrected chi connectivity index (χ3v) is 1.20. The molecular formula is C6H9NO2. The summed E-state index contributed by atoms with van der Waals surface area (Å²) in [5, 5.41) is 8.60. The minimum atomic E-state index is -0.0524. The zero-order chi connectivity index (χ0) is 6.69. The molecule has 0 saturated carbocycles. The smallest absolute Gasteiger partial charge is 0.181 e. The van der Waals surface area contributed by atoms with Gasteiger partial charge in [-0.1, -0.05) is 6.92 Å². The van der Waals surface area contributed by atoms with Crippen LogP contribution >= 0.6 is 0 Å². The summed E-state index contributed by atoms with van der Waals surface area (Å²) in [4.78, 5) is 3.88. The molecule has 0 bridgehead atoms. The van der Waals surface area contributed by atoms with Crippen molar-refractivity contribution in [1.29, 1.82) is 0 Å². The van der Waals surface area contributed by atoms with Crippen LogP contribution in [0.3, 0.4) is 0 Å². The number of aliphatic hydroxyl groups excluding tert-OH is 1. The van der Waals surface area contributed by atoms with E-state index in [0.717, 1.165) is 12.1 Å². The standard InChI is InChI=1S/C6H9NO2/c1-2-5-6(3-8)9-4-7-5/h4,8H,2-3H2,1H3. The molecule has 0 fully saturated rings. The second-order valence-electron chi connectivity index (χ2n) is 1.73. The molecule has 1 rings (SSSR count). The highest BCUT2D eigenvalue weighted by Gasteiger charge is 2.01. The monoisotopic (exact) mass is 127 g/mol. The number of hydrogen-bond donors (Lipinski definition) is 1. The fourth-order valence-corrected chi connectivity index (χ4v) is 0.711. The predicted octanol–water partition coefficient (Wildman–Crippen LogP) is 0.729. The van der Waals surface area contributed by atoms with Crippen LogP contribution in [0.25, 0.3) is 0 Å². The summed E-state index contributed by atoms with van der Waals surface area (Å²) in [6, 6.07) is 0. The summed E-state index contributed by atoms with van der Waals surface area (Å²) >= 11 is 0. The molecule has 1 N–H and O–H groups in total. The van der Waals surface area contributed by atoms with E-state index in [1.165, 1.54) is 6.39 Å². The van der Waals surface area contributed by atoms with E-state index in [0.29, 0.717) is 5.76 Å². The van der Waals surface area contributed by atoms with E-state index in [1.54, 1.807) is 0 Å². The van der Waals surface area contributed by atoms with Crippen LogP contribution in [0, 0.1) is 0 Å². The maximum atomic E-state index is 8.60. The fourth-order valence-electron chi connectivity index (χ4n) is 0.711. The highest BCUT2D eigenvalue weighted by Crippen LogP contribution is 2.05. The Balaban J connectivity index is 2.85. The summed E-state index contributed by atoms with van der Waals surface area (Å²) < 4.78 is 4.84. The van der Waals surface area contributed by atoms with E-state index in [-0.39, 0.29) is 6.61 Å². The van der Waals surface area contributed by atoms with Crippen LogP contribution in [-0.4, -0.2) is 10.1 Å². The summed E-state index contributed by atoms with van der Waals surface area (Å²) in [5.41, 5.74) is 0.845. The van der Waals surface area contributed by atoms with Gasteiger partial charge in [-0.05, 0) is 6.42 Å². The molecule has 3 heteroatoms. The number of hydrogen-bond acceptors (Lipinski definition) is 3. The van der Waals surface area contributed by atoms with Gasteiger partial charge in [0.15, 0.2) is 12.2 Å². The van der Waals surface area contributed by atoms with Crippen LogP contribution in [0.4, 0.5) is 0 Å². The zero-order valence-corrected chi connectivity index (χ0v) is 5.29. The molecule has 0 atom stereocenters. The van der Waals surface area contributed by atoms with Gasteiger partial charge in [0.05, 0.1) is 5.69 Å². The molecule has 0 aliphatic carbocycles. The van der Waals surface area contributed by atoms with Crippen molar-refractivity contribution >= 4 is 0 Å². The van der Waals surface area contributed by atoms with E-state index in [2.05, 4.69) is 4.98 Å². The van der Waals surface area contributed by atoms with E-state index >= 15 is 0 Å². The SMILES string of the molecule is CCc1ncoc1CO. The van der Waals surface area contributed by atoms with Crippen LogP contribution in [-0.2, 0) is 13.0 Å². The minimum absolute atomic E-state index is 0.0524. The van der Waals surface area contributed by atoms with Crippen molar-refractivity contribution in [3.63, 3.8) is 0 Å². The molecule has 1 aromatic rings. The average molecular weight is 127 g/mol. The van der Waals surface area contributed by atoms with Gasteiger partial charge in [-0.2, -0.15) is 0 Å². The Bertz CT molecular complexity index is 164. The lowest BCUT2D eigenvalue weighted by Gasteiger charge is -1.89. The van der Waals surface area contributed by atoms with Gasteiger partial charge in [0.25, 0.3) is 0 Å². The Morgan fingerprint density at radius 2 is 2.56 bits per heavy atom. The van der Waals surface area contributed by atoms with E-state index in [9.17, 15) is 0 Å². The summed E-state index contributed by atoms with van der Waals surface area (Å²) in [7, 11) is 0. The maximum absolute atomic E-state index is 8.60. The Hall–Kier alpha value is -0.830. The summed E-state index contributed by atoms with van der Waals surface area (Å²) in [6.45, 7) is 1.92. The van der Waals surface area contributed by atoms with Crippen molar-refractivity contribution < 1.29 is 9.52 Å². The summed E-state index contributed by atoms with van der Waals surface area (Å²) in [5.74, 6) is 0.581. The molecule has 0 unspecified atom stereocenters. The second-order valence-corrected chi connectivity index (χ2v) is 1.73. The van der Waals surface area contributed by atoms with Gasteiger partial charge < -0.3 is 9.52 Å². The molecule has 9 heavy (non-hydrogen) atoms. The Labute approximate surface area is 53.3 Å². The van der Waals surface area contributed by atoms with Gasteiger partial charge >= 0.3 is 0 Å². The quantitative estimate of drug-likeness (QED) is 0.637. The number of aromatic nitrogens is 1. The average Bonchev–Trinajstić information content (AvgIpc) is 2.33. The van der Waals surface area contributed by atoms with Crippen LogP contribution in [0.5, 0.6) is 0 Å². The van der Waals surface area contributed by atoms with E-state index in [4.69, 9.17) is 9.52 Å². The molecule has 50 valence electrons. The second kappa shape index (κ2) is 2.64. The molecule has 1 aromatic heterocycles. The third-order valence-electron chi connectivity index (χ3n) is 1.20. The first-order valence-corrected chi connectivity index (χ1v) is 2.90. The lowest BCUT2D eigenvalue weighted by molar-refractivity contribution is 0.245. The van der Waals surface area contributed by atoms with E-state index in [1.807, 2.05) is 6.92 Å². The van der Waals surface area contributed by atoms with Crippen molar-refractivity contribution in [3.05, 3.63) is 17.8 Å². The van der Waals surface area contributed by atoms with E-state index < -0.39 is 0 Å². The van der Waals surface area contributed by atoms with Crippen LogP contribution in [0.1, 0.15) is 18.4 Å². The van der Waals surface area contributed by atoms with Gasteiger partial charge in [0.2, 0.25) is 0 Å². The number of nitrogens with zero attached hydrogens (tertiary/aromatic N) is 1. The van der Waals surface area contributed by atoms with Gasteiger partial charge in [0.1, 0.15) is 6.61 Å². The topological polar surface area (TPSA) is 46.3 Å². The molecule has 1 heterocycles. The molecule has 0 amide bonds. The lowest BCUT2D eigenvalue weighted by Crippen LogP contribution is -1.87. The van der Waals surface area contributed by atoms with Crippen LogP contribution in [0.15, 0.2) is 10.8 Å². The van der Waals surface area contributed by atoms with Crippen molar-refractivity contribution in [2.45, 2.75) is 20.0 Å². The first-order chi connectivity index (χ1) is 4.38. The molecule has 3 nitrogen and oxygen atoms in total. The first kappa shape index (κ1) is 6.29. The van der Waals surface area contributed by atoms with Crippen LogP contribution < -0.4 is 0 Å². The highest BCUT2D eigenvalue weighted by atomic mass is 16.4. The van der Waals surface area contributed by atoms with Gasteiger partial charge in [-0.3, -0.25) is 0 Å². The Morgan fingerprint density at radius 1 is 1.78 bits per heavy atom. The molecule has 0 aliphatic rings. The Morgan fingerprint density at radius 3 is 3.00 bits per heavy atom. The van der Waals surface area contributed by atoms with Crippen molar-refractivity contribution in [1.82, 2.24) is 4.98 Å². The zero-order valence-electron chi connectivity index (χ0n) is 5.29. The molecular weight excluding hydrogens is 118 g/mol. The van der Waals surface area contributed by atoms with Crippen molar-refractivity contribution in [3.8, 4) is 0 Å². The van der Waals surface area contributed by atoms with Gasteiger partial charge in [-0.15, -0.1) is 0 Å². The molecule has 0 radical (unpaired) electrons. The number of aliphatic hydroxyl groups is 1. The largest absolute Gasteiger partial charge is 0.446 e. The first-order valence-electron chi connectivity index (χ1n) is 2.90. The number of aryl methyl sites for hydroxylation is 1. The van der Waals surface area contributed by atoms with Gasteiger partial charge in [0, 0.05) is 0 Å². The number of oxazole rings is 1. The lowest BCUT2D eigenvalue weighted by atomic mass is 10.3. The highest BCUT2D eigenvalue weighted by molar-refractivity contribution is 5.04. The Kier molecular flexibility index (Phi) is 1.85.